The highest BCUT2D eigenvalue weighted by molar-refractivity contribution is 4.92. The van der Waals surface area contributed by atoms with Crippen LogP contribution in [0.1, 0.15) is 50.9 Å². The SMILES string of the molecule is CC(O)CC1CCCN1Cc1nnnn1C1CC1. The summed E-state index contributed by atoms with van der Waals surface area (Å²) in [4.78, 5) is 2.41. The van der Waals surface area contributed by atoms with E-state index in [1.807, 2.05) is 11.6 Å². The molecule has 1 saturated carbocycles. The van der Waals surface area contributed by atoms with Crippen molar-refractivity contribution in [3.05, 3.63) is 5.82 Å². The highest BCUT2D eigenvalue weighted by Crippen LogP contribution is 2.35. The first-order valence-corrected chi connectivity index (χ1v) is 6.93. The molecule has 1 aromatic rings. The minimum absolute atomic E-state index is 0.227. The summed E-state index contributed by atoms with van der Waals surface area (Å²) in [5, 5.41) is 21.6. The van der Waals surface area contributed by atoms with Gasteiger partial charge < -0.3 is 5.11 Å². The fraction of sp³-hybridized carbons (Fsp3) is 0.917. The zero-order chi connectivity index (χ0) is 12.5. The lowest BCUT2D eigenvalue weighted by Crippen LogP contribution is -2.32. The first kappa shape index (κ1) is 12.0. The molecule has 2 unspecified atom stereocenters. The Labute approximate surface area is 107 Å². The Kier molecular flexibility index (Phi) is 3.30. The van der Waals surface area contributed by atoms with E-state index in [1.165, 1.54) is 25.7 Å². The van der Waals surface area contributed by atoms with Crippen LogP contribution in [0.5, 0.6) is 0 Å². The summed E-state index contributed by atoms with van der Waals surface area (Å²) in [6, 6.07) is 1.02. The summed E-state index contributed by atoms with van der Waals surface area (Å²) in [6.07, 6.45) is 5.42. The highest BCUT2D eigenvalue weighted by atomic mass is 16.3. The average Bonchev–Trinajstić information content (AvgIpc) is 2.92. The van der Waals surface area contributed by atoms with Gasteiger partial charge in [-0.3, -0.25) is 4.90 Å². The number of rotatable bonds is 5. The Morgan fingerprint density at radius 2 is 2.22 bits per heavy atom. The van der Waals surface area contributed by atoms with E-state index < -0.39 is 0 Å². The van der Waals surface area contributed by atoms with Gasteiger partial charge in [-0.2, -0.15) is 0 Å². The Bertz CT molecular complexity index is 401. The van der Waals surface area contributed by atoms with Crippen molar-refractivity contribution in [1.82, 2.24) is 25.1 Å². The van der Waals surface area contributed by atoms with Gasteiger partial charge in [-0.25, -0.2) is 4.68 Å². The van der Waals surface area contributed by atoms with E-state index in [-0.39, 0.29) is 6.10 Å². The molecular weight excluding hydrogens is 230 g/mol. The van der Waals surface area contributed by atoms with Gasteiger partial charge in [-0.15, -0.1) is 5.10 Å². The normalized spacial score (nSPS) is 26.7. The van der Waals surface area contributed by atoms with E-state index in [0.29, 0.717) is 12.1 Å². The van der Waals surface area contributed by atoms with Gasteiger partial charge in [0.2, 0.25) is 0 Å². The summed E-state index contributed by atoms with van der Waals surface area (Å²) >= 11 is 0. The molecule has 2 heterocycles. The van der Waals surface area contributed by atoms with Crippen molar-refractivity contribution in [2.75, 3.05) is 6.54 Å². The molecule has 2 atom stereocenters. The van der Waals surface area contributed by atoms with Crippen LogP contribution < -0.4 is 0 Å². The van der Waals surface area contributed by atoms with Crippen LogP contribution in [-0.2, 0) is 6.54 Å². The van der Waals surface area contributed by atoms with Crippen molar-refractivity contribution in [2.45, 2.75) is 63.8 Å². The maximum Gasteiger partial charge on any atom is 0.165 e. The van der Waals surface area contributed by atoms with Crippen LogP contribution in [0.25, 0.3) is 0 Å². The third kappa shape index (κ3) is 2.54. The second-order valence-electron chi connectivity index (χ2n) is 5.62. The van der Waals surface area contributed by atoms with E-state index >= 15 is 0 Å². The van der Waals surface area contributed by atoms with Crippen molar-refractivity contribution >= 4 is 0 Å². The Hall–Kier alpha value is -1.01. The van der Waals surface area contributed by atoms with Gasteiger partial charge in [0.25, 0.3) is 0 Å². The average molecular weight is 251 g/mol. The Morgan fingerprint density at radius 1 is 1.39 bits per heavy atom. The van der Waals surface area contributed by atoms with Crippen LogP contribution in [0.2, 0.25) is 0 Å². The van der Waals surface area contributed by atoms with Crippen LogP contribution in [-0.4, -0.2) is 48.9 Å². The smallest absolute Gasteiger partial charge is 0.165 e. The maximum atomic E-state index is 9.54. The first-order valence-electron chi connectivity index (χ1n) is 6.93. The molecule has 1 aliphatic carbocycles. The minimum atomic E-state index is -0.227. The van der Waals surface area contributed by atoms with Crippen molar-refractivity contribution in [3.63, 3.8) is 0 Å². The van der Waals surface area contributed by atoms with E-state index in [9.17, 15) is 5.11 Å². The van der Waals surface area contributed by atoms with Gasteiger partial charge in [0.15, 0.2) is 5.82 Å². The fourth-order valence-electron chi connectivity index (χ4n) is 2.86. The molecule has 2 aliphatic rings. The molecule has 1 saturated heterocycles. The fourth-order valence-corrected chi connectivity index (χ4v) is 2.86. The standard InChI is InChI=1S/C12H21N5O/c1-9(18)7-11-3-2-6-16(11)8-12-13-14-15-17(12)10-4-5-10/h9-11,18H,2-8H2,1H3. The van der Waals surface area contributed by atoms with Crippen LogP contribution in [0.4, 0.5) is 0 Å². The van der Waals surface area contributed by atoms with Crippen molar-refractivity contribution in [1.29, 1.82) is 0 Å². The summed E-state index contributed by atoms with van der Waals surface area (Å²) in [5.41, 5.74) is 0. The summed E-state index contributed by atoms with van der Waals surface area (Å²) < 4.78 is 1.98. The topological polar surface area (TPSA) is 67.1 Å². The molecular formula is C12H21N5O. The number of nitrogens with zero attached hydrogens (tertiary/aromatic N) is 5. The third-order valence-corrected chi connectivity index (χ3v) is 3.91. The number of aliphatic hydroxyl groups is 1. The lowest BCUT2D eigenvalue weighted by molar-refractivity contribution is 0.128. The van der Waals surface area contributed by atoms with E-state index in [1.54, 1.807) is 0 Å². The molecule has 1 N–H and O–H groups in total. The molecule has 0 radical (unpaired) electrons. The van der Waals surface area contributed by atoms with Crippen molar-refractivity contribution < 1.29 is 5.11 Å². The van der Waals surface area contributed by atoms with Crippen molar-refractivity contribution in [3.8, 4) is 0 Å². The summed E-state index contributed by atoms with van der Waals surface area (Å²) in [5.74, 6) is 0.981. The van der Waals surface area contributed by atoms with Gasteiger partial charge in [-0.05, 0) is 56.0 Å². The second-order valence-corrected chi connectivity index (χ2v) is 5.62. The van der Waals surface area contributed by atoms with Gasteiger partial charge in [0, 0.05) is 6.04 Å². The molecule has 6 nitrogen and oxygen atoms in total. The van der Waals surface area contributed by atoms with Gasteiger partial charge in [0.1, 0.15) is 0 Å². The predicted molar refractivity (Wildman–Crippen MR) is 65.8 cm³/mol. The van der Waals surface area contributed by atoms with E-state index in [0.717, 1.165) is 25.3 Å². The molecule has 3 rings (SSSR count). The minimum Gasteiger partial charge on any atom is -0.393 e. The molecule has 0 amide bonds. The van der Waals surface area contributed by atoms with Crippen LogP contribution in [0.3, 0.4) is 0 Å². The number of aliphatic hydroxyl groups excluding tert-OH is 1. The summed E-state index contributed by atoms with van der Waals surface area (Å²) in [6.45, 7) is 3.78. The van der Waals surface area contributed by atoms with Crippen LogP contribution in [0, 0.1) is 0 Å². The highest BCUT2D eigenvalue weighted by Gasteiger charge is 2.31. The zero-order valence-electron chi connectivity index (χ0n) is 10.9. The molecule has 0 aromatic carbocycles. The van der Waals surface area contributed by atoms with Crippen molar-refractivity contribution in [2.24, 2.45) is 0 Å². The number of hydrogen-bond acceptors (Lipinski definition) is 5. The lowest BCUT2D eigenvalue weighted by Gasteiger charge is -2.24. The first-order chi connectivity index (χ1) is 8.74. The number of aromatic nitrogens is 4. The molecule has 6 heteroatoms. The number of tetrazole rings is 1. The molecule has 1 aromatic heterocycles. The number of hydrogen-bond donors (Lipinski definition) is 1. The molecule has 0 bridgehead atoms. The number of likely N-dealkylation sites (tertiary alicyclic amines) is 1. The van der Waals surface area contributed by atoms with Gasteiger partial charge >= 0.3 is 0 Å². The van der Waals surface area contributed by atoms with E-state index in [4.69, 9.17) is 0 Å². The molecule has 100 valence electrons. The monoisotopic (exact) mass is 251 g/mol. The lowest BCUT2D eigenvalue weighted by atomic mass is 10.1. The molecule has 1 aliphatic heterocycles. The maximum absolute atomic E-state index is 9.54. The Balaban J connectivity index is 1.65. The van der Waals surface area contributed by atoms with Crippen LogP contribution in [0.15, 0.2) is 0 Å². The van der Waals surface area contributed by atoms with Gasteiger partial charge in [-0.1, -0.05) is 0 Å². The second kappa shape index (κ2) is 4.93. The zero-order valence-corrected chi connectivity index (χ0v) is 10.9. The molecule has 2 fully saturated rings. The van der Waals surface area contributed by atoms with Gasteiger partial charge in [0.05, 0.1) is 18.7 Å². The predicted octanol–water partition coefficient (Wildman–Crippen LogP) is 0.743. The van der Waals surface area contributed by atoms with Crippen LogP contribution >= 0.6 is 0 Å². The van der Waals surface area contributed by atoms with E-state index in [2.05, 4.69) is 20.4 Å². The Morgan fingerprint density at radius 3 is 2.94 bits per heavy atom. The largest absolute Gasteiger partial charge is 0.393 e. The summed E-state index contributed by atoms with van der Waals surface area (Å²) in [7, 11) is 0. The molecule has 0 spiro atoms. The quantitative estimate of drug-likeness (QED) is 0.836. The third-order valence-electron chi connectivity index (χ3n) is 3.91. The molecule has 18 heavy (non-hydrogen) atoms.